The Hall–Kier alpha value is -3.53. The van der Waals surface area contributed by atoms with Gasteiger partial charge in [-0.15, -0.1) is 0 Å². The van der Waals surface area contributed by atoms with Crippen LogP contribution < -0.4 is 5.11 Å². The summed E-state index contributed by atoms with van der Waals surface area (Å²) in [7, 11) is 5.90. The second-order valence-corrected chi connectivity index (χ2v) is 18.1. The van der Waals surface area contributed by atoms with Gasteiger partial charge in [-0.1, -0.05) is 182 Å². The van der Waals surface area contributed by atoms with Gasteiger partial charge in [0.15, 0.2) is 12.4 Å². The van der Waals surface area contributed by atoms with Gasteiger partial charge in [-0.3, -0.25) is 9.59 Å². The van der Waals surface area contributed by atoms with E-state index in [1.807, 2.05) is 21.1 Å². The van der Waals surface area contributed by atoms with Gasteiger partial charge in [0.05, 0.1) is 40.3 Å². The molecule has 0 heterocycles. The number of esters is 2. The van der Waals surface area contributed by atoms with Crippen molar-refractivity contribution < 1.29 is 42.9 Å². The lowest BCUT2D eigenvalue weighted by molar-refractivity contribution is -0.870. The van der Waals surface area contributed by atoms with Crippen LogP contribution in [0.15, 0.2) is 85.1 Å². The molecule has 0 saturated carbocycles. The Morgan fingerprint density at radius 2 is 0.877 bits per heavy atom. The van der Waals surface area contributed by atoms with E-state index in [0.29, 0.717) is 17.4 Å². The Morgan fingerprint density at radius 3 is 1.31 bits per heavy atom. The molecule has 0 radical (unpaired) electrons. The van der Waals surface area contributed by atoms with E-state index in [4.69, 9.17) is 18.9 Å². The summed E-state index contributed by atoms with van der Waals surface area (Å²) in [6.07, 6.45) is 57.6. The highest BCUT2D eigenvalue weighted by Gasteiger charge is 2.21. The van der Waals surface area contributed by atoms with Gasteiger partial charge >= 0.3 is 11.9 Å². The molecule has 0 aromatic carbocycles. The van der Waals surface area contributed by atoms with Crippen LogP contribution in [-0.4, -0.2) is 82.3 Å². The molecule has 0 aliphatic carbocycles. The van der Waals surface area contributed by atoms with E-state index in [9.17, 15) is 19.5 Å². The van der Waals surface area contributed by atoms with Crippen LogP contribution in [0.25, 0.3) is 0 Å². The molecule has 65 heavy (non-hydrogen) atoms. The van der Waals surface area contributed by atoms with Crippen molar-refractivity contribution in [2.24, 2.45) is 0 Å². The Bertz CT molecular complexity index is 1340. The average Bonchev–Trinajstić information content (AvgIpc) is 3.27. The number of carbonyl (C=O) groups excluding carboxylic acids is 3. The Labute approximate surface area is 398 Å². The number of aliphatic carboxylic acids is 1. The van der Waals surface area contributed by atoms with Crippen LogP contribution in [0.2, 0.25) is 0 Å². The van der Waals surface area contributed by atoms with E-state index in [0.717, 1.165) is 109 Å². The summed E-state index contributed by atoms with van der Waals surface area (Å²) in [6.45, 7) is 4.53. The number of quaternary nitrogens is 1. The summed E-state index contributed by atoms with van der Waals surface area (Å²) in [5.74, 6) is -2.31. The maximum absolute atomic E-state index is 12.8. The molecule has 0 fully saturated rings. The van der Waals surface area contributed by atoms with E-state index in [1.165, 1.54) is 51.4 Å². The van der Waals surface area contributed by atoms with Crippen LogP contribution in [-0.2, 0) is 33.3 Å². The average molecular weight is 910 g/mol. The van der Waals surface area contributed by atoms with Crippen LogP contribution >= 0.6 is 0 Å². The van der Waals surface area contributed by atoms with E-state index in [2.05, 4.69) is 98.9 Å². The number of carboxylic acids is 1. The number of hydrogen-bond acceptors (Lipinski definition) is 8. The summed E-state index contributed by atoms with van der Waals surface area (Å²) >= 11 is 0. The molecule has 0 saturated heterocycles. The van der Waals surface area contributed by atoms with Gasteiger partial charge in [0.2, 0.25) is 0 Å². The first kappa shape index (κ1) is 61.5. The lowest BCUT2D eigenvalue weighted by Gasteiger charge is -2.26. The quantitative estimate of drug-likeness (QED) is 0.0195. The van der Waals surface area contributed by atoms with Crippen LogP contribution in [0.5, 0.6) is 0 Å². The predicted octanol–water partition coefficient (Wildman–Crippen LogP) is 13.1. The molecule has 0 aromatic heterocycles. The highest BCUT2D eigenvalue weighted by molar-refractivity contribution is 5.70. The van der Waals surface area contributed by atoms with Gasteiger partial charge in [-0.2, -0.15) is 0 Å². The van der Waals surface area contributed by atoms with Gasteiger partial charge in [0, 0.05) is 12.8 Å². The first-order valence-corrected chi connectivity index (χ1v) is 25.7. The molecule has 372 valence electrons. The number of allylic oxidation sites excluding steroid dienone is 14. The minimum atomic E-state index is -1.63. The zero-order valence-corrected chi connectivity index (χ0v) is 42.1. The molecular formula is C56H95NO8. The summed E-state index contributed by atoms with van der Waals surface area (Å²) in [5, 5.41) is 11.7. The fourth-order valence-electron chi connectivity index (χ4n) is 6.66. The van der Waals surface area contributed by atoms with Crippen LogP contribution in [0.1, 0.15) is 194 Å². The van der Waals surface area contributed by atoms with Crippen LogP contribution in [0.4, 0.5) is 0 Å². The molecule has 9 nitrogen and oxygen atoms in total. The summed E-state index contributed by atoms with van der Waals surface area (Å²) < 4.78 is 22.6. The standard InChI is InChI=1S/C56H95NO8/c1-6-8-10-12-14-16-18-20-21-22-23-24-25-26-27-28-29-30-31-32-33-35-37-39-41-43-45-47-54(59)65-52(51-64-56(55(60)61)62-49-48-57(3,4)5)50-63-53(58)46-44-42-40-38-36-34-19-17-15-13-11-9-7-2/h8,10-11,13-14,16-17,19-21,23-24,26-27,52,56H,6-7,9,12,15,18,22,25,28-51H2,1-5H3/b10-8-,13-11-,16-14-,19-17-,21-20-,24-23-,27-26-. The van der Waals surface area contributed by atoms with Crippen molar-refractivity contribution in [1.82, 2.24) is 0 Å². The molecule has 0 aliphatic rings. The Morgan fingerprint density at radius 1 is 0.477 bits per heavy atom. The molecule has 2 atom stereocenters. The van der Waals surface area contributed by atoms with Gasteiger partial charge in [0.1, 0.15) is 13.2 Å². The number of likely N-dealkylation sites (N-methyl/N-ethyl adjacent to an activating group) is 1. The summed E-state index contributed by atoms with van der Waals surface area (Å²) in [6, 6.07) is 0. The molecule has 2 unspecified atom stereocenters. The molecule has 0 spiro atoms. The second kappa shape index (κ2) is 47.0. The SMILES string of the molecule is CC/C=C\C/C=C\C/C=C\C/C=C\C/C=C\CCCCCCCCCCCCCC(=O)OC(COC(=O)CCCCCCC/C=C\C/C=C\CCC)COC(OCC[N+](C)(C)C)C(=O)[O-]. The highest BCUT2D eigenvalue weighted by atomic mass is 16.7. The monoisotopic (exact) mass is 910 g/mol. The van der Waals surface area contributed by atoms with Crippen molar-refractivity contribution in [1.29, 1.82) is 0 Å². The molecular weight excluding hydrogens is 815 g/mol. The van der Waals surface area contributed by atoms with Gasteiger partial charge in [-0.05, 0) is 83.5 Å². The van der Waals surface area contributed by atoms with E-state index >= 15 is 0 Å². The molecule has 0 bridgehead atoms. The largest absolute Gasteiger partial charge is 0.545 e. The van der Waals surface area contributed by atoms with Crippen molar-refractivity contribution in [3.05, 3.63) is 85.1 Å². The van der Waals surface area contributed by atoms with E-state index in [-0.39, 0.29) is 38.6 Å². The molecule has 0 rings (SSSR count). The van der Waals surface area contributed by atoms with Crippen LogP contribution in [0.3, 0.4) is 0 Å². The topological polar surface area (TPSA) is 111 Å². The highest BCUT2D eigenvalue weighted by Crippen LogP contribution is 2.14. The molecule has 0 N–H and O–H groups in total. The van der Waals surface area contributed by atoms with Crippen LogP contribution in [0, 0.1) is 0 Å². The number of hydrogen-bond donors (Lipinski definition) is 0. The number of carbonyl (C=O) groups is 3. The van der Waals surface area contributed by atoms with Crippen molar-refractivity contribution in [3.8, 4) is 0 Å². The molecule has 9 heteroatoms. The number of rotatable bonds is 46. The minimum absolute atomic E-state index is 0.141. The third kappa shape index (κ3) is 48.2. The Balaban J connectivity index is 4.28. The van der Waals surface area contributed by atoms with Crippen molar-refractivity contribution in [2.45, 2.75) is 206 Å². The summed E-state index contributed by atoms with van der Waals surface area (Å²) in [4.78, 5) is 37.1. The lowest BCUT2D eigenvalue weighted by Crippen LogP contribution is -2.44. The number of carboxylic acid groups (broad SMARTS) is 1. The maximum Gasteiger partial charge on any atom is 0.306 e. The zero-order valence-electron chi connectivity index (χ0n) is 42.1. The first-order valence-electron chi connectivity index (χ1n) is 25.7. The fraction of sp³-hybridized carbons (Fsp3) is 0.696. The number of ether oxygens (including phenoxy) is 4. The minimum Gasteiger partial charge on any atom is -0.545 e. The Kier molecular flexibility index (Phi) is 44.4. The van der Waals surface area contributed by atoms with E-state index in [1.54, 1.807) is 0 Å². The lowest BCUT2D eigenvalue weighted by atomic mass is 10.0. The summed E-state index contributed by atoms with van der Waals surface area (Å²) in [5.41, 5.74) is 0. The van der Waals surface area contributed by atoms with Crippen molar-refractivity contribution in [3.63, 3.8) is 0 Å². The van der Waals surface area contributed by atoms with Gasteiger partial charge in [0.25, 0.3) is 0 Å². The normalized spacial score (nSPS) is 13.6. The molecule has 0 aromatic rings. The van der Waals surface area contributed by atoms with Crippen molar-refractivity contribution in [2.75, 3.05) is 47.5 Å². The van der Waals surface area contributed by atoms with Gasteiger partial charge in [-0.25, -0.2) is 0 Å². The third-order valence-corrected chi connectivity index (χ3v) is 10.6. The zero-order chi connectivity index (χ0) is 47.7. The fourth-order valence-corrected chi connectivity index (χ4v) is 6.66. The van der Waals surface area contributed by atoms with Crippen molar-refractivity contribution >= 4 is 17.9 Å². The number of nitrogens with zero attached hydrogens (tertiary/aromatic N) is 1. The van der Waals surface area contributed by atoms with E-state index < -0.39 is 24.3 Å². The first-order chi connectivity index (χ1) is 31.6. The predicted molar refractivity (Wildman–Crippen MR) is 269 cm³/mol. The maximum atomic E-state index is 12.8. The molecule has 0 aliphatic heterocycles. The second-order valence-electron chi connectivity index (χ2n) is 18.1. The molecule has 0 amide bonds. The third-order valence-electron chi connectivity index (χ3n) is 10.6. The number of unbranched alkanes of at least 4 members (excludes halogenated alkanes) is 17. The smallest absolute Gasteiger partial charge is 0.306 e. The van der Waals surface area contributed by atoms with Gasteiger partial charge < -0.3 is 33.3 Å².